The minimum absolute atomic E-state index is 0.0850. The van der Waals surface area contributed by atoms with Gasteiger partial charge in [-0.25, -0.2) is 0 Å². The van der Waals surface area contributed by atoms with Gasteiger partial charge >= 0.3 is 5.82 Å². The largest absolute Gasteiger partial charge is 0.497 e. The normalized spacial score (nSPS) is 12.6. The van der Waals surface area contributed by atoms with Crippen molar-refractivity contribution in [1.82, 2.24) is 4.98 Å². The Morgan fingerprint density at radius 2 is 2.11 bits per heavy atom. The van der Waals surface area contributed by atoms with Crippen LogP contribution >= 0.6 is 0 Å². The molecule has 0 unspecified atom stereocenters. The highest BCUT2D eigenvalue weighted by molar-refractivity contribution is 6.04. The molecule has 0 radical (unpaired) electrons. The molecule has 1 aromatic carbocycles. The molecule has 146 valence electrons. The average Bonchev–Trinajstić information content (AvgIpc) is 2.69. The summed E-state index contributed by atoms with van der Waals surface area (Å²) in [6, 6.07) is 7.35. The number of rotatable bonds is 6. The summed E-state index contributed by atoms with van der Waals surface area (Å²) >= 11 is 0. The van der Waals surface area contributed by atoms with E-state index in [1.807, 2.05) is 0 Å². The molecule has 11 heteroatoms. The SMILES string of the molecule is COc1ccc(OC)c(NC(=O)CN2C(=O)COc3ccc([N+](=O)[O-])nc32)c1. The molecule has 0 aliphatic carbocycles. The first-order valence-corrected chi connectivity index (χ1v) is 8.03. The molecule has 1 aromatic heterocycles. The van der Waals surface area contributed by atoms with Crippen LogP contribution in [0.3, 0.4) is 0 Å². The van der Waals surface area contributed by atoms with Gasteiger partial charge in [-0.15, -0.1) is 0 Å². The third-order valence-corrected chi connectivity index (χ3v) is 3.90. The molecule has 0 saturated carbocycles. The number of pyridine rings is 1. The predicted molar refractivity (Wildman–Crippen MR) is 96.9 cm³/mol. The summed E-state index contributed by atoms with van der Waals surface area (Å²) in [5, 5.41) is 13.6. The van der Waals surface area contributed by atoms with Crippen LogP contribution in [0.2, 0.25) is 0 Å². The van der Waals surface area contributed by atoms with Crippen molar-refractivity contribution in [3.05, 3.63) is 40.4 Å². The molecule has 3 rings (SSSR count). The second-order valence-corrected chi connectivity index (χ2v) is 5.63. The van der Waals surface area contributed by atoms with Gasteiger partial charge in [0.2, 0.25) is 5.91 Å². The number of amides is 2. The molecule has 28 heavy (non-hydrogen) atoms. The lowest BCUT2D eigenvalue weighted by Gasteiger charge is -2.24. The average molecular weight is 388 g/mol. The Morgan fingerprint density at radius 1 is 1.32 bits per heavy atom. The Hall–Kier alpha value is -3.89. The number of methoxy groups -OCH3 is 2. The van der Waals surface area contributed by atoms with Crippen molar-refractivity contribution in [3.8, 4) is 17.2 Å². The first-order chi connectivity index (χ1) is 13.4. The zero-order valence-corrected chi connectivity index (χ0v) is 15.0. The third kappa shape index (κ3) is 3.77. The maximum atomic E-state index is 12.5. The number of nitrogens with one attached hydrogen (secondary N) is 1. The topological polar surface area (TPSA) is 133 Å². The van der Waals surface area contributed by atoms with E-state index < -0.39 is 29.1 Å². The smallest absolute Gasteiger partial charge is 0.366 e. The van der Waals surface area contributed by atoms with E-state index in [1.54, 1.807) is 18.2 Å². The van der Waals surface area contributed by atoms with Crippen LogP contribution in [0, 0.1) is 10.1 Å². The van der Waals surface area contributed by atoms with E-state index in [2.05, 4.69) is 10.3 Å². The predicted octanol–water partition coefficient (Wildman–Crippen LogP) is 1.37. The third-order valence-electron chi connectivity index (χ3n) is 3.90. The van der Waals surface area contributed by atoms with Gasteiger partial charge in [-0.2, -0.15) is 0 Å². The fourth-order valence-corrected chi connectivity index (χ4v) is 2.58. The summed E-state index contributed by atoms with van der Waals surface area (Å²) in [6.45, 7) is -0.716. The number of fused-ring (bicyclic) bond motifs is 1. The Morgan fingerprint density at radius 3 is 2.79 bits per heavy atom. The summed E-state index contributed by atoms with van der Waals surface area (Å²) < 4.78 is 15.5. The number of nitro groups is 1. The lowest BCUT2D eigenvalue weighted by atomic mass is 10.2. The van der Waals surface area contributed by atoms with Crippen molar-refractivity contribution in [3.63, 3.8) is 0 Å². The Kier molecular flexibility index (Phi) is 5.25. The first kappa shape index (κ1) is 18.9. The Bertz CT molecular complexity index is 947. The van der Waals surface area contributed by atoms with Gasteiger partial charge in [0.05, 0.1) is 19.9 Å². The lowest BCUT2D eigenvalue weighted by Crippen LogP contribution is -2.44. The Labute approximate surface area is 159 Å². The molecule has 0 bridgehead atoms. The summed E-state index contributed by atoms with van der Waals surface area (Å²) in [5.74, 6) is -0.570. The van der Waals surface area contributed by atoms with E-state index in [0.717, 1.165) is 11.0 Å². The summed E-state index contributed by atoms with van der Waals surface area (Å²) in [6.07, 6.45) is 0. The van der Waals surface area contributed by atoms with Crippen molar-refractivity contribution in [2.24, 2.45) is 0 Å². The molecular formula is C17H16N4O7. The van der Waals surface area contributed by atoms with Gasteiger partial charge < -0.3 is 29.6 Å². The van der Waals surface area contributed by atoms with E-state index >= 15 is 0 Å². The van der Waals surface area contributed by atoms with E-state index in [0.29, 0.717) is 17.2 Å². The number of carbonyl (C=O) groups is 2. The molecule has 0 fully saturated rings. The summed E-state index contributed by atoms with van der Waals surface area (Å²) in [4.78, 5) is 39.9. The van der Waals surface area contributed by atoms with Crippen LogP contribution in [-0.2, 0) is 9.59 Å². The van der Waals surface area contributed by atoms with Crippen LogP contribution in [0.25, 0.3) is 0 Å². The van der Waals surface area contributed by atoms with E-state index in [-0.39, 0.29) is 18.2 Å². The lowest BCUT2D eigenvalue weighted by molar-refractivity contribution is -0.389. The van der Waals surface area contributed by atoms with Gasteiger partial charge in [0.25, 0.3) is 11.7 Å². The van der Waals surface area contributed by atoms with Crippen molar-refractivity contribution >= 4 is 29.1 Å². The van der Waals surface area contributed by atoms with Gasteiger partial charge in [-0.05, 0) is 28.1 Å². The van der Waals surface area contributed by atoms with E-state index in [4.69, 9.17) is 14.2 Å². The molecule has 1 N–H and O–H groups in total. The second kappa shape index (κ2) is 7.78. The van der Waals surface area contributed by atoms with E-state index in [9.17, 15) is 19.7 Å². The quantitative estimate of drug-likeness (QED) is 0.579. The van der Waals surface area contributed by atoms with Crippen LogP contribution in [0.5, 0.6) is 17.2 Å². The number of carbonyl (C=O) groups excluding carboxylic acids is 2. The highest BCUT2D eigenvalue weighted by Gasteiger charge is 2.33. The van der Waals surface area contributed by atoms with Gasteiger partial charge in [-0.1, -0.05) is 0 Å². The standard InChI is InChI=1S/C17H16N4O7/c1-26-10-3-4-12(27-2)11(7-10)18-15(22)8-20-16(23)9-28-13-5-6-14(21(24)25)19-17(13)20/h3-7H,8-9H2,1-2H3,(H,18,22). The highest BCUT2D eigenvalue weighted by Crippen LogP contribution is 2.32. The van der Waals surface area contributed by atoms with Crippen LogP contribution < -0.4 is 24.4 Å². The fourth-order valence-electron chi connectivity index (χ4n) is 2.58. The number of anilines is 2. The summed E-state index contributed by atoms with van der Waals surface area (Å²) in [5.41, 5.74) is 0.347. The maximum absolute atomic E-state index is 12.5. The van der Waals surface area contributed by atoms with Gasteiger partial charge in [-0.3, -0.25) is 14.5 Å². The van der Waals surface area contributed by atoms with Crippen molar-refractivity contribution < 1.29 is 28.7 Å². The van der Waals surface area contributed by atoms with E-state index in [1.165, 1.54) is 20.3 Å². The number of hydrogen-bond acceptors (Lipinski definition) is 8. The maximum Gasteiger partial charge on any atom is 0.366 e. The number of ether oxygens (including phenoxy) is 3. The van der Waals surface area contributed by atoms with Crippen LogP contribution in [-0.4, -0.2) is 49.1 Å². The molecule has 0 atom stereocenters. The highest BCUT2D eigenvalue weighted by atomic mass is 16.6. The van der Waals surface area contributed by atoms with Gasteiger partial charge in [0, 0.05) is 12.1 Å². The molecule has 2 aromatic rings. The molecule has 2 amide bonds. The van der Waals surface area contributed by atoms with Crippen LogP contribution in [0.15, 0.2) is 30.3 Å². The fraction of sp³-hybridized carbons (Fsp3) is 0.235. The zero-order chi connectivity index (χ0) is 20.3. The molecule has 1 aliphatic heterocycles. The zero-order valence-electron chi connectivity index (χ0n) is 15.0. The molecule has 1 aliphatic rings. The van der Waals surface area contributed by atoms with Crippen LogP contribution in [0.4, 0.5) is 17.3 Å². The van der Waals surface area contributed by atoms with Crippen molar-refractivity contribution in [2.45, 2.75) is 0 Å². The number of aromatic nitrogens is 1. The van der Waals surface area contributed by atoms with Gasteiger partial charge in [0.15, 0.2) is 12.4 Å². The minimum Gasteiger partial charge on any atom is -0.497 e. The Balaban J connectivity index is 1.84. The molecule has 0 saturated heterocycles. The summed E-state index contributed by atoms with van der Waals surface area (Å²) in [7, 11) is 2.93. The minimum atomic E-state index is -0.696. The van der Waals surface area contributed by atoms with Crippen molar-refractivity contribution in [2.75, 3.05) is 37.6 Å². The second-order valence-electron chi connectivity index (χ2n) is 5.63. The molecule has 0 spiro atoms. The molecule has 2 heterocycles. The van der Waals surface area contributed by atoms with Crippen LogP contribution in [0.1, 0.15) is 0 Å². The van der Waals surface area contributed by atoms with Gasteiger partial charge in [0.1, 0.15) is 18.0 Å². The molecular weight excluding hydrogens is 372 g/mol. The monoisotopic (exact) mass is 388 g/mol. The number of benzene rings is 1. The number of hydrogen-bond donors (Lipinski definition) is 1. The van der Waals surface area contributed by atoms with Crippen molar-refractivity contribution in [1.29, 1.82) is 0 Å². The number of nitrogens with zero attached hydrogens (tertiary/aromatic N) is 3. The molecule has 11 nitrogen and oxygen atoms in total. The first-order valence-electron chi connectivity index (χ1n) is 8.03.